The molecule has 0 spiro atoms. The second-order valence-electron chi connectivity index (χ2n) is 10.6. The third-order valence-corrected chi connectivity index (χ3v) is 7.10. The van der Waals surface area contributed by atoms with Gasteiger partial charge in [0.25, 0.3) is 0 Å². The van der Waals surface area contributed by atoms with Gasteiger partial charge in [0, 0.05) is 13.0 Å². The van der Waals surface area contributed by atoms with E-state index in [0.29, 0.717) is 11.1 Å². The van der Waals surface area contributed by atoms with Crippen LogP contribution in [0.15, 0.2) is 60.7 Å². The second-order valence-corrected chi connectivity index (χ2v) is 10.6. The van der Waals surface area contributed by atoms with E-state index in [1.54, 1.807) is 24.3 Å². The zero-order valence-corrected chi connectivity index (χ0v) is 24.0. The van der Waals surface area contributed by atoms with E-state index in [9.17, 15) is 14.7 Å². The van der Waals surface area contributed by atoms with Gasteiger partial charge in [0.2, 0.25) is 5.60 Å². The van der Waals surface area contributed by atoms with Crippen LogP contribution in [0.4, 0.5) is 0 Å². The van der Waals surface area contributed by atoms with Gasteiger partial charge in [-0.2, -0.15) is 0 Å². The summed E-state index contributed by atoms with van der Waals surface area (Å²) >= 11 is 0. The number of hydrogen-bond acceptors (Lipinski definition) is 6. The summed E-state index contributed by atoms with van der Waals surface area (Å²) in [6.07, 6.45) is 3.77. The van der Waals surface area contributed by atoms with E-state index < -0.39 is 11.6 Å². The largest absolute Gasteiger partial charge is 1.00 e. The van der Waals surface area contributed by atoms with Crippen LogP contribution in [0.3, 0.4) is 0 Å². The van der Waals surface area contributed by atoms with Gasteiger partial charge in [-0.15, -0.1) is 0 Å². The van der Waals surface area contributed by atoms with Gasteiger partial charge in [-0.05, 0) is 44.0 Å². The van der Waals surface area contributed by atoms with Crippen LogP contribution in [0.2, 0.25) is 0 Å². The lowest BCUT2D eigenvalue weighted by Crippen LogP contribution is -3.00. The van der Waals surface area contributed by atoms with Gasteiger partial charge in [-0.25, -0.2) is 4.79 Å². The van der Waals surface area contributed by atoms with E-state index in [1.807, 2.05) is 43.4 Å². The summed E-state index contributed by atoms with van der Waals surface area (Å²) in [5.41, 5.74) is -0.747. The molecule has 0 saturated carbocycles. The van der Waals surface area contributed by atoms with Crippen molar-refractivity contribution >= 4 is 11.9 Å². The van der Waals surface area contributed by atoms with Crippen molar-refractivity contribution in [2.75, 3.05) is 54.4 Å². The van der Waals surface area contributed by atoms with E-state index in [2.05, 4.69) is 23.7 Å². The number of carbonyl (C=O) groups excluding carboxylic acids is 2. The fraction of sp³-hybridized carbons (Fsp3) is 0.517. The third-order valence-electron chi connectivity index (χ3n) is 7.10. The van der Waals surface area contributed by atoms with Crippen LogP contribution in [0.25, 0.3) is 0 Å². The number of nitrogens with zero attached hydrogens (tertiary/aromatic N) is 2. The van der Waals surface area contributed by atoms with Gasteiger partial charge < -0.3 is 40.9 Å². The van der Waals surface area contributed by atoms with Gasteiger partial charge in [-0.1, -0.05) is 60.7 Å². The van der Waals surface area contributed by atoms with E-state index in [-0.39, 0.29) is 35.0 Å². The number of likely N-dealkylation sites (tertiary alicyclic amines) is 2. The number of quaternary nitrogens is 1. The molecule has 2 aliphatic heterocycles. The molecule has 204 valence electrons. The van der Waals surface area contributed by atoms with Gasteiger partial charge >= 0.3 is 11.9 Å². The van der Waals surface area contributed by atoms with Crippen LogP contribution in [0, 0.1) is 5.92 Å². The fourth-order valence-electron chi connectivity index (χ4n) is 5.10. The van der Waals surface area contributed by atoms with Crippen molar-refractivity contribution in [2.24, 2.45) is 5.92 Å². The highest BCUT2D eigenvalue weighted by Gasteiger charge is 2.43. The molecule has 0 bridgehead atoms. The fourth-order valence-corrected chi connectivity index (χ4v) is 5.10. The van der Waals surface area contributed by atoms with Crippen molar-refractivity contribution in [2.45, 2.75) is 37.4 Å². The quantitative estimate of drug-likeness (QED) is 0.405. The summed E-state index contributed by atoms with van der Waals surface area (Å²) in [6.45, 7) is 3.81. The Bertz CT molecular complexity index is 947. The Morgan fingerprint density at radius 1 is 0.973 bits per heavy atom. The van der Waals surface area contributed by atoms with Crippen molar-refractivity contribution in [1.29, 1.82) is 0 Å². The van der Waals surface area contributed by atoms with Gasteiger partial charge in [-0.3, -0.25) is 4.79 Å². The number of carbonyl (C=O) groups is 2. The first-order valence-corrected chi connectivity index (χ1v) is 12.8. The summed E-state index contributed by atoms with van der Waals surface area (Å²) in [5.74, 6) is -0.549. The highest BCUT2D eigenvalue weighted by molar-refractivity contribution is 5.85. The number of esters is 2. The first-order chi connectivity index (χ1) is 17.2. The number of methoxy groups -OCH3 is 1. The maximum Gasteiger partial charge on any atom is 0.348 e. The Balaban J connectivity index is 0.000000339. The maximum atomic E-state index is 13.1. The summed E-state index contributed by atoms with van der Waals surface area (Å²) in [5, 5.41) is 11.4. The molecule has 1 N–H and O–H groups in total. The molecule has 2 heterocycles. The Morgan fingerprint density at radius 3 is 2.03 bits per heavy atom. The highest BCUT2D eigenvalue weighted by atomic mass is 79.9. The summed E-state index contributed by atoms with van der Waals surface area (Å²) in [4.78, 5) is 26.3. The van der Waals surface area contributed by atoms with Crippen molar-refractivity contribution in [3.05, 3.63) is 71.8 Å². The monoisotopic (exact) mass is 576 g/mol. The normalized spacial score (nSPS) is 21.4. The lowest BCUT2D eigenvalue weighted by molar-refractivity contribution is -0.898. The summed E-state index contributed by atoms with van der Waals surface area (Å²) in [6, 6.07) is 18.0. The number of benzene rings is 2. The maximum absolute atomic E-state index is 13.1. The summed E-state index contributed by atoms with van der Waals surface area (Å²) < 4.78 is 11.3. The number of ether oxygens (including phenoxy) is 2. The zero-order valence-electron chi connectivity index (χ0n) is 22.4. The molecule has 0 amide bonds. The number of halogens is 1. The van der Waals surface area contributed by atoms with Crippen molar-refractivity contribution in [3.63, 3.8) is 0 Å². The topological polar surface area (TPSA) is 76.1 Å². The van der Waals surface area contributed by atoms with E-state index in [0.717, 1.165) is 56.3 Å². The molecule has 4 rings (SSSR count). The van der Waals surface area contributed by atoms with Crippen LogP contribution in [-0.2, 0) is 24.7 Å². The number of rotatable bonds is 5. The van der Waals surface area contributed by atoms with Crippen molar-refractivity contribution in [1.82, 2.24) is 4.90 Å². The molecule has 2 unspecified atom stereocenters. The highest BCUT2D eigenvalue weighted by Crippen LogP contribution is 2.32. The minimum atomic E-state index is -1.79. The lowest BCUT2D eigenvalue weighted by atomic mass is 9.86. The van der Waals surface area contributed by atoms with E-state index in [4.69, 9.17) is 4.74 Å². The molecular weight excluding hydrogens is 536 g/mol. The molecule has 2 aromatic rings. The Labute approximate surface area is 231 Å². The molecule has 2 atom stereocenters. The molecule has 0 radical (unpaired) electrons. The molecular formula is C29H41BrN2O5. The molecule has 2 aromatic carbocycles. The van der Waals surface area contributed by atoms with Crippen LogP contribution < -0.4 is 17.0 Å². The van der Waals surface area contributed by atoms with Gasteiger partial charge in [0.15, 0.2) is 6.10 Å². The van der Waals surface area contributed by atoms with Gasteiger partial charge in [0.1, 0.15) is 6.54 Å². The van der Waals surface area contributed by atoms with Crippen LogP contribution in [0.5, 0.6) is 0 Å². The molecule has 0 aliphatic carbocycles. The molecule has 7 nitrogen and oxygen atoms in total. The Morgan fingerprint density at radius 2 is 1.54 bits per heavy atom. The standard InChI is InChI=1S/C21H26NO3.C8H15NO2.BrH/c1-22(2)15-9-14-19(16-22)25-20(23)21(24,17-10-5-3-6-11-17)18-12-7-4-8-13-18;1-9-5-3-4-7(6-9)8(10)11-2;/h3-8,10-13,19,24H,9,14-16H2,1-2H3;7H,3-6H2,1-2H3;1H/q+1;;/p-1. The summed E-state index contributed by atoms with van der Waals surface area (Å²) in [7, 11) is 7.77. The van der Waals surface area contributed by atoms with Crippen LogP contribution >= 0.6 is 0 Å². The first-order valence-electron chi connectivity index (χ1n) is 12.8. The Kier molecular flexibility index (Phi) is 11.8. The average molecular weight is 578 g/mol. The molecule has 2 saturated heterocycles. The SMILES string of the molecule is COC(=O)C1CCCN(C)C1.C[N+]1(C)CCCC(OC(=O)C(O)(c2ccccc2)c2ccccc2)C1.[Br-]. The number of aliphatic hydroxyl groups is 1. The van der Waals surface area contributed by atoms with E-state index in [1.165, 1.54) is 7.11 Å². The zero-order chi connectivity index (χ0) is 26.2. The average Bonchev–Trinajstić information content (AvgIpc) is 2.88. The lowest BCUT2D eigenvalue weighted by Gasteiger charge is -2.38. The molecule has 2 fully saturated rings. The van der Waals surface area contributed by atoms with Crippen molar-refractivity contribution in [3.8, 4) is 0 Å². The number of hydrogen-bond donors (Lipinski definition) is 1. The minimum absolute atomic E-state index is 0. The predicted molar refractivity (Wildman–Crippen MR) is 139 cm³/mol. The molecule has 0 aromatic heterocycles. The molecule has 2 aliphatic rings. The first kappa shape index (κ1) is 31.0. The minimum Gasteiger partial charge on any atom is -1.00 e. The number of likely N-dealkylation sites (N-methyl/N-ethyl adjacent to an activating group) is 1. The smallest absolute Gasteiger partial charge is 0.348 e. The predicted octanol–water partition coefficient (Wildman–Crippen LogP) is 0.210. The van der Waals surface area contributed by atoms with Crippen molar-refractivity contribution < 1.29 is 45.6 Å². The van der Waals surface area contributed by atoms with Crippen LogP contribution in [-0.4, -0.2) is 87.0 Å². The third kappa shape index (κ3) is 8.37. The molecule has 37 heavy (non-hydrogen) atoms. The Hall–Kier alpha value is -2.26. The number of piperidine rings is 2. The molecule has 8 heteroatoms. The van der Waals surface area contributed by atoms with E-state index >= 15 is 0 Å². The van der Waals surface area contributed by atoms with Crippen LogP contribution in [0.1, 0.15) is 36.8 Å². The second kappa shape index (κ2) is 14.0. The van der Waals surface area contributed by atoms with Gasteiger partial charge in [0.05, 0.1) is 33.7 Å².